The van der Waals surface area contributed by atoms with Crippen LogP contribution in [0, 0.1) is 0 Å². The summed E-state index contributed by atoms with van der Waals surface area (Å²) in [5.41, 5.74) is 3.61. The highest BCUT2D eigenvalue weighted by atomic mass is 32.2. The van der Waals surface area contributed by atoms with E-state index in [4.69, 9.17) is 9.15 Å². The molecule has 0 fully saturated rings. The third-order valence-electron chi connectivity index (χ3n) is 4.38. The Balaban J connectivity index is 1.63. The van der Waals surface area contributed by atoms with Crippen LogP contribution in [0.4, 0.5) is 0 Å². The number of amides is 1. The van der Waals surface area contributed by atoms with Gasteiger partial charge in [0.1, 0.15) is 5.52 Å². The summed E-state index contributed by atoms with van der Waals surface area (Å²) >= 11 is 1.40. The number of rotatable bonds is 9. The normalized spacial score (nSPS) is 10.7. The van der Waals surface area contributed by atoms with Gasteiger partial charge in [-0.2, -0.15) is 0 Å². The molecular weight excluding hydrogens is 400 g/mol. The number of carbonyl (C=O) groups is 2. The van der Waals surface area contributed by atoms with Gasteiger partial charge in [-0.1, -0.05) is 54.2 Å². The Morgan fingerprint density at radius 3 is 2.63 bits per heavy atom. The summed E-state index contributed by atoms with van der Waals surface area (Å²) in [6, 6.07) is 14.7. The molecule has 0 saturated carbocycles. The second-order valence-corrected chi connectivity index (χ2v) is 7.76. The van der Waals surface area contributed by atoms with Crippen LogP contribution >= 0.6 is 11.8 Å². The zero-order valence-electron chi connectivity index (χ0n) is 17.1. The van der Waals surface area contributed by atoms with Gasteiger partial charge in [-0.25, -0.2) is 9.78 Å². The van der Waals surface area contributed by atoms with E-state index < -0.39 is 5.97 Å². The lowest BCUT2D eigenvalue weighted by Crippen LogP contribution is -2.35. The number of benzene rings is 2. The summed E-state index contributed by atoms with van der Waals surface area (Å²) < 4.78 is 11.0. The van der Waals surface area contributed by atoms with Crippen molar-refractivity contribution in [2.45, 2.75) is 24.8 Å². The first-order valence-electron chi connectivity index (χ1n) is 9.63. The molecule has 0 aliphatic carbocycles. The zero-order valence-corrected chi connectivity index (χ0v) is 17.9. The van der Waals surface area contributed by atoms with E-state index in [2.05, 4.69) is 11.6 Å². The van der Waals surface area contributed by atoms with E-state index in [9.17, 15) is 9.59 Å². The average Bonchev–Trinajstić information content (AvgIpc) is 3.17. The highest BCUT2D eigenvalue weighted by Crippen LogP contribution is 2.27. The molecule has 2 aromatic carbocycles. The summed E-state index contributed by atoms with van der Waals surface area (Å²) in [5, 5.41) is 0.535. The lowest BCUT2D eigenvalue weighted by Gasteiger charge is -2.20. The number of ether oxygens (including phenoxy) is 1. The first-order valence-corrected chi connectivity index (χ1v) is 10.6. The van der Waals surface area contributed by atoms with Crippen molar-refractivity contribution in [3.63, 3.8) is 0 Å². The number of thioether (sulfide) groups is 1. The maximum absolute atomic E-state index is 12.6. The fourth-order valence-corrected chi connectivity index (χ4v) is 3.74. The van der Waals surface area contributed by atoms with E-state index in [0.717, 1.165) is 22.2 Å². The molecule has 7 heteroatoms. The van der Waals surface area contributed by atoms with Gasteiger partial charge < -0.3 is 14.1 Å². The molecular formula is C23H24N2O4S. The standard InChI is InChI=1S/C23H24N2O4S/c1-4-25(13-16(2)3)21(26)14-28-22(27)18-10-6-5-9-17(18)15-30-23-24-19-11-7-8-12-20(19)29-23/h5-12H,2,4,13-15H2,1,3H3. The molecule has 0 unspecified atom stereocenters. The molecule has 0 radical (unpaired) electrons. The number of fused-ring (bicyclic) bond motifs is 1. The maximum Gasteiger partial charge on any atom is 0.338 e. The fourth-order valence-electron chi connectivity index (χ4n) is 2.90. The molecule has 0 aliphatic heterocycles. The molecule has 3 rings (SSSR count). The number of para-hydroxylation sites is 2. The highest BCUT2D eigenvalue weighted by Gasteiger charge is 2.18. The third kappa shape index (κ3) is 5.51. The van der Waals surface area contributed by atoms with Gasteiger partial charge in [0, 0.05) is 18.8 Å². The van der Waals surface area contributed by atoms with Gasteiger partial charge in [0.05, 0.1) is 5.56 Å². The van der Waals surface area contributed by atoms with Crippen LogP contribution in [0.15, 0.2) is 70.3 Å². The minimum Gasteiger partial charge on any atom is -0.452 e. The van der Waals surface area contributed by atoms with Crippen LogP contribution < -0.4 is 0 Å². The first kappa shape index (κ1) is 21.6. The zero-order chi connectivity index (χ0) is 21.5. The van der Waals surface area contributed by atoms with E-state index in [1.807, 2.05) is 50.2 Å². The number of carbonyl (C=O) groups excluding carboxylic acids is 2. The second kappa shape index (κ2) is 10.1. The van der Waals surface area contributed by atoms with Crippen molar-refractivity contribution in [1.82, 2.24) is 9.88 Å². The van der Waals surface area contributed by atoms with E-state index in [1.54, 1.807) is 17.0 Å². The topological polar surface area (TPSA) is 72.6 Å². The minimum absolute atomic E-state index is 0.243. The Morgan fingerprint density at radius 1 is 1.17 bits per heavy atom. The molecule has 1 aromatic heterocycles. The van der Waals surface area contributed by atoms with Gasteiger partial charge in [-0.15, -0.1) is 0 Å². The van der Waals surface area contributed by atoms with Gasteiger partial charge in [-0.3, -0.25) is 4.79 Å². The molecule has 0 saturated heterocycles. The van der Waals surface area contributed by atoms with Crippen molar-refractivity contribution in [1.29, 1.82) is 0 Å². The fraction of sp³-hybridized carbons (Fsp3) is 0.261. The number of nitrogens with zero attached hydrogens (tertiary/aromatic N) is 2. The Kier molecular flexibility index (Phi) is 7.30. The van der Waals surface area contributed by atoms with E-state index in [0.29, 0.717) is 29.6 Å². The van der Waals surface area contributed by atoms with Gasteiger partial charge in [0.15, 0.2) is 12.2 Å². The molecule has 0 bridgehead atoms. The maximum atomic E-state index is 12.6. The molecule has 0 aliphatic rings. The van der Waals surface area contributed by atoms with Crippen LogP contribution in [0.2, 0.25) is 0 Å². The largest absolute Gasteiger partial charge is 0.452 e. The number of oxazole rings is 1. The Hall–Kier alpha value is -3.06. The second-order valence-electron chi connectivity index (χ2n) is 6.83. The predicted octanol–water partition coefficient (Wildman–Crippen LogP) is 4.70. The Labute approximate surface area is 179 Å². The van der Waals surface area contributed by atoms with Gasteiger partial charge in [-0.05, 0) is 37.6 Å². The van der Waals surface area contributed by atoms with Gasteiger partial charge in [0.25, 0.3) is 11.1 Å². The quantitative estimate of drug-likeness (QED) is 0.282. The van der Waals surface area contributed by atoms with Crippen molar-refractivity contribution in [3.8, 4) is 0 Å². The van der Waals surface area contributed by atoms with Gasteiger partial charge in [0.2, 0.25) is 0 Å². The minimum atomic E-state index is -0.525. The van der Waals surface area contributed by atoms with Gasteiger partial charge >= 0.3 is 5.97 Å². The van der Waals surface area contributed by atoms with Crippen LogP contribution in [-0.2, 0) is 15.3 Å². The van der Waals surface area contributed by atoms with Crippen molar-refractivity contribution in [3.05, 3.63) is 71.8 Å². The van der Waals surface area contributed by atoms with E-state index in [1.165, 1.54) is 11.8 Å². The SMILES string of the molecule is C=C(C)CN(CC)C(=O)COC(=O)c1ccccc1CSc1nc2ccccc2o1. The molecule has 0 atom stereocenters. The molecule has 3 aromatic rings. The third-order valence-corrected chi connectivity index (χ3v) is 5.26. The van der Waals surface area contributed by atoms with Crippen molar-refractivity contribution in [2.75, 3.05) is 19.7 Å². The predicted molar refractivity (Wildman–Crippen MR) is 117 cm³/mol. The summed E-state index contributed by atoms with van der Waals surface area (Å²) in [7, 11) is 0. The number of esters is 1. The first-order chi connectivity index (χ1) is 14.5. The number of hydrogen-bond donors (Lipinski definition) is 0. The smallest absolute Gasteiger partial charge is 0.338 e. The molecule has 1 amide bonds. The molecule has 0 N–H and O–H groups in total. The molecule has 1 heterocycles. The Bertz CT molecular complexity index is 1030. The summed E-state index contributed by atoms with van der Waals surface area (Å²) in [6.07, 6.45) is 0. The highest BCUT2D eigenvalue weighted by molar-refractivity contribution is 7.98. The summed E-state index contributed by atoms with van der Waals surface area (Å²) in [4.78, 5) is 30.9. The Morgan fingerprint density at radius 2 is 1.90 bits per heavy atom. The van der Waals surface area contributed by atoms with Crippen LogP contribution in [0.5, 0.6) is 0 Å². The summed E-state index contributed by atoms with van der Waals surface area (Å²) in [5.74, 6) is -0.279. The number of aromatic nitrogens is 1. The van der Waals surface area contributed by atoms with Crippen LogP contribution in [0.1, 0.15) is 29.8 Å². The van der Waals surface area contributed by atoms with Crippen LogP contribution in [-0.4, -0.2) is 41.5 Å². The molecule has 6 nitrogen and oxygen atoms in total. The number of likely N-dealkylation sites (N-methyl/N-ethyl adjacent to an activating group) is 1. The lowest BCUT2D eigenvalue weighted by molar-refractivity contribution is -0.133. The van der Waals surface area contributed by atoms with Crippen LogP contribution in [0.25, 0.3) is 11.1 Å². The number of hydrogen-bond acceptors (Lipinski definition) is 6. The monoisotopic (exact) mass is 424 g/mol. The van der Waals surface area contributed by atoms with Crippen molar-refractivity contribution >= 4 is 34.7 Å². The molecule has 0 spiro atoms. The lowest BCUT2D eigenvalue weighted by atomic mass is 10.1. The molecule has 30 heavy (non-hydrogen) atoms. The van der Waals surface area contributed by atoms with Crippen molar-refractivity contribution < 1.29 is 18.7 Å². The van der Waals surface area contributed by atoms with E-state index >= 15 is 0 Å². The summed E-state index contributed by atoms with van der Waals surface area (Å²) in [6.45, 7) is 8.23. The molecule has 156 valence electrons. The average molecular weight is 425 g/mol. The van der Waals surface area contributed by atoms with Crippen LogP contribution in [0.3, 0.4) is 0 Å². The van der Waals surface area contributed by atoms with Crippen molar-refractivity contribution in [2.24, 2.45) is 0 Å². The van der Waals surface area contributed by atoms with E-state index in [-0.39, 0.29) is 12.5 Å².